The number of rotatable bonds is 8. The molecule has 0 saturated carbocycles. The summed E-state index contributed by atoms with van der Waals surface area (Å²) in [7, 11) is 0. The molecule has 0 bridgehead atoms. The second kappa shape index (κ2) is 9.90. The summed E-state index contributed by atoms with van der Waals surface area (Å²) in [6.45, 7) is 9.65. The van der Waals surface area contributed by atoms with Crippen LogP contribution in [0.15, 0.2) is 0 Å². The Labute approximate surface area is 108 Å². The molecule has 0 aliphatic carbocycles. The third-order valence-electron chi connectivity index (χ3n) is 3.98. The van der Waals surface area contributed by atoms with Crippen LogP contribution < -0.4 is 5.32 Å². The van der Waals surface area contributed by atoms with Crippen molar-refractivity contribution < 1.29 is 0 Å². The minimum atomic E-state index is 0.768. The van der Waals surface area contributed by atoms with Crippen LogP contribution in [0.1, 0.15) is 65.2 Å². The van der Waals surface area contributed by atoms with E-state index < -0.39 is 0 Å². The van der Waals surface area contributed by atoms with Crippen molar-refractivity contribution in [2.75, 3.05) is 26.2 Å². The van der Waals surface area contributed by atoms with Crippen molar-refractivity contribution in [3.8, 4) is 0 Å². The molecule has 1 rings (SSSR count). The van der Waals surface area contributed by atoms with Crippen molar-refractivity contribution in [2.24, 2.45) is 0 Å². The average molecular weight is 240 g/mol. The lowest BCUT2D eigenvalue weighted by molar-refractivity contribution is 0.282. The Morgan fingerprint density at radius 3 is 2.53 bits per heavy atom. The van der Waals surface area contributed by atoms with Gasteiger partial charge in [0.15, 0.2) is 0 Å². The zero-order valence-electron chi connectivity index (χ0n) is 12.0. The predicted octanol–water partition coefficient (Wildman–Crippen LogP) is 3.42. The number of nitrogens with one attached hydrogen (secondary N) is 1. The zero-order chi connectivity index (χ0) is 12.3. The molecule has 1 atom stereocenters. The van der Waals surface area contributed by atoms with E-state index in [-0.39, 0.29) is 0 Å². The van der Waals surface area contributed by atoms with Crippen molar-refractivity contribution in [1.82, 2.24) is 10.2 Å². The predicted molar refractivity (Wildman–Crippen MR) is 76.5 cm³/mol. The number of hydrogen-bond donors (Lipinski definition) is 1. The summed E-state index contributed by atoms with van der Waals surface area (Å²) < 4.78 is 0. The van der Waals surface area contributed by atoms with Crippen LogP contribution in [-0.4, -0.2) is 37.1 Å². The molecule has 102 valence electrons. The van der Waals surface area contributed by atoms with Crippen LogP contribution in [0.3, 0.4) is 0 Å². The molecule has 0 amide bonds. The molecule has 1 aliphatic heterocycles. The van der Waals surface area contributed by atoms with E-state index >= 15 is 0 Å². The molecule has 1 unspecified atom stereocenters. The molecule has 0 spiro atoms. The molecule has 1 heterocycles. The minimum Gasteiger partial charge on any atom is -0.313 e. The second-order valence-corrected chi connectivity index (χ2v) is 5.46. The highest BCUT2D eigenvalue weighted by Crippen LogP contribution is 2.08. The van der Waals surface area contributed by atoms with Crippen molar-refractivity contribution in [2.45, 2.75) is 71.3 Å². The van der Waals surface area contributed by atoms with Crippen molar-refractivity contribution in [1.29, 1.82) is 0 Å². The van der Waals surface area contributed by atoms with Gasteiger partial charge in [-0.05, 0) is 32.4 Å². The van der Waals surface area contributed by atoms with Gasteiger partial charge in [0.25, 0.3) is 0 Å². The van der Waals surface area contributed by atoms with E-state index in [9.17, 15) is 0 Å². The number of nitrogens with zero attached hydrogens (tertiary/aromatic N) is 1. The fraction of sp³-hybridized carbons (Fsp3) is 1.00. The molecule has 0 radical (unpaired) electrons. The van der Waals surface area contributed by atoms with Gasteiger partial charge in [-0.1, -0.05) is 46.0 Å². The Balaban J connectivity index is 1.99. The lowest BCUT2D eigenvalue weighted by Gasteiger charge is -2.19. The number of hydrogen-bond acceptors (Lipinski definition) is 2. The lowest BCUT2D eigenvalue weighted by Crippen LogP contribution is -2.30. The van der Waals surface area contributed by atoms with Crippen molar-refractivity contribution >= 4 is 0 Å². The van der Waals surface area contributed by atoms with Gasteiger partial charge in [-0.15, -0.1) is 0 Å². The summed E-state index contributed by atoms with van der Waals surface area (Å²) in [5.74, 6) is 0. The highest BCUT2D eigenvalue weighted by molar-refractivity contribution is 4.73. The molecule has 1 fully saturated rings. The summed E-state index contributed by atoms with van der Waals surface area (Å²) in [4.78, 5) is 2.66. The zero-order valence-corrected chi connectivity index (χ0v) is 12.0. The summed E-state index contributed by atoms with van der Waals surface area (Å²) in [5, 5.41) is 3.64. The van der Waals surface area contributed by atoms with Crippen molar-refractivity contribution in [3.05, 3.63) is 0 Å². The van der Waals surface area contributed by atoms with Gasteiger partial charge >= 0.3 is 0 Å². The fourth-order valence-electron chi connectivity index (χ4n) is 2.67. The summed E-state index contributed by atoms with van der Waals surface area (Å²) >= 11 is 0. The Morgan fingerprint density at radius 2 is 1.76 bits per heavy atom. The quantitative estimate of drug-likeness (QED) is 0.654. The minimum absolute atomic E-state index is 0.768. The first-order valence-electron chi connectivity index (χ1n) is 7.82. The topological polar surface area (TPSA) is 15.3 Å². The second-order valence-electron chi connectivity index (χ2n) is 5.46. The van der Waals surface area contributed by atoms with Gasteiger partial charge in [0, 0.05) is 19.1 Å². The van der Waals surface area contributed by atoms with E-state index in [2.05, 4.69) is 24.1 Å². The van der Waals surface area contributed by atoms with Crippen LogP contribution in [0, 0.1) is 0 Å². The standard InChI is InChI=1S/C15H32N2/c1-3-5-6-7-8-9-12-17-13-10-15(4-2)16-11-14-17/h15-16H,3-14H2,1-2H3. The van der Waals surface area contributed by atoms with E-state index in [4.69, 9.17) is 0 Å². The van der Waals surface area contributed by atoms with E-state index in [1.165, 1.54) is 77.5 Å². The molecule has 0 aromatic heterocycles. The largest absolute Gasteiger partial charge is 0.313 e. The smallest absolute Gasteiger partial charge is 0.0107 e. The maximum atomic E-state index is 3.64. The summed E-state index contributed by atoms with van der Waals surface area (Å²) in [6.07, 6.45) is 11.1. The molecular weight excluding hydrogens is 208 g/mol. The Bertz CT molecular complexity index is 170. The van der Waals surface area contributed by atoms with E-state index in [0.29, 0.717) is 0 Å². The molecule has 1 aliphatic rings. The average Bonchev–Trinajstić information content (AvgIpc) is 2.59. The van der Waals surface area contributed by atoms with Crippen LogP contribution in [0.4, 0.5) is 0 Å². The van der Waals surface area contributed by atoms with Gasteiger partial charge < -0.3 is 10.2 Å². The summed E-state index contributed by atoms with van der Waals surface area (Å²) in [6, 6.07) is 0.768. The van der Waals surface area contributed by atoms with Gasteiger partial charge in [-0.25, -0.2) is 0 Å². The molecule has 0 aromatic carbocycles. The Hall–Kier alpha value is -0.0800. The maximum absolute atomic E-state index is 3.64. The van der Waals surface area contributed by atoms with Crippen LogP contribution in [0.25, 0.3) is 0 Å². The monoisotopic (exact) mass is 240 g/mol. The highest BCUT2D eigenvalue weighted by Gasteiger charge is 2.13. The molecule has 2 heteroatoms. The Morgan fingerprint density at radius 1 is 1.00 bits per heavy atom. The molecule has 1 N–H and O–H groups in total. The molecule has 1 saturated heterocycles. The summed E-state index contributed by atoms with van der Waals surface area (Å²) in [5.41, 5.74) is 0. The first-order valence-corrected chi connectivity index (χ1v) is 7.82. The van der Waals surface area contributed by atoms with Crippen LogP contribution in [-0.2, 0) is 0 Å². The van der Waals surface area contributed by atoms with E-state index in [1.54, 1.807) is 0 Å². The van der Waals surface area contributed by atoms with Gasteiger partial charge in [0.1, 0.15) is 0 Å². The molecule has 2 nitrogen and oxygen atoms in total. The SMILES string of the molecule is CCCCCCCCN1CCNC(CC)CC1. The van der Waals surface area contributed by atoms with Gasteiger partial charge in [0.05, 0.1) is 0 Å². The lowest BCUT2D eigenvalue weighted by atomic mass is 10.1. The van der Waals surface area contributed by atoms with Gasteiger partial charge in [-0.2, -0.15) is 0 Å². The maximum Gasteiger partial charge on any atom is 0.0107 e. The molecule has 0 aromatic rings. The van der Waals surface area contributed by atoms with E-state index in [1.807, 2.05) is 0 Å². The normalized spacial score (nSPS) is 22.6. The van der Waals surface area contributed by atoms with Crippen LogP contribution in [0.2, 0.25) is 0 Å². The first-order chi connectivity index (χ1) is 8.36. The van der Waals surface area contributed by atoms with Gasteiger partial charge in [-0.3, -0.25) is 0 Å². The molecule has 17 heavy (non-hydrogen) atoms. The van der Waals surface area contributed by atoms with Crippen LogP contribution >= 0.6 is 0 Å². The first kappa shape index (κ1) is 15.0. The molecular formula is C15H32N2. The Kier molecular flexibility index (Phi) is 8.72. The third kappa shape index (κ3) is 7.05. The third-order valence-corrected chi connectivity index (χ3v) is 3.98. The highest BCUT2D eigenvalue weighted by atomic mass is 15.2. The van der Waals surface area contributed by atoms with Crippen molar-refractivity contribution in [3.63, 3.8) is 0 Å². The van der Waals surface area contributed by atoms with Gasteiger partial charge in [0.2, 0.25) is 0 Å². The van der Waals surface area contributed by atoms with E-state index in [0.717, 1.165) is 6.04 Å². The number of unbranched alkanes of at least 4 members (excludes halogenated alkanes) is 5. The fourth-order valence-corrected chi connectivity index (χ4v) is 2.67. The van der Waals surface area contributed by atoms with Crippen LogP contribution in [0.5, 0.6) is 0 Å².